The summed E-state index contributed by atoms with van der Waals surface area (Å²) in [7, 11) is 0. The van der Waals surface area contributed by atoms with Gasteiger partial charge >= 0.3 is 23.9 Å². The lowest BCUT2D eigenvalue weighted by Crippen LogP contribution is -2.45. The van der Waals surface area contributed by atoms with Gasteiger partial charge in [0.1, 0.15) is 0 Å². The Hall–Kier alpha value is -1.72. The van der Waals surface area contributed by atoms with E-state index < -0.39 is 0 Å². The van der Waals surface area contributed by atoms with Crippen LogP contribution in [0.15, 0.2) is 0 Å². The molecule has 7 aliphatic carbocycles. The molecule has 0 aromatic heterocycles. The molecule has 6 unspecified atom stereocenters. The molecule has 28 heavy (non-hydrogen) atoms. The lowest BCUT2D eigenvalue weighted by Gasteiger charge is -2.46. The number of carbonyl (C=O) groups is 4. The molecule has 11 atom stereocenters. The van der Waals surface area contributed by atoms with Gasteiger partial charge < -0.3 is 9.47 Å². The van der Waals surface area contributed by atoms with Crippen LogP contribution in [0.25, 0.3) is 0 Å². The monoisotopic (exact) mass is 386 g/mol. The highest BCUT2D eigenvalue weighted by Crippen LogP contribution is 2.67. The molecule has 9 rings (SSSR count). The molecule has 2 saturated heterocycles. The van der Waals surface area contributed by atoms with E-state index in [0.717, 1.165) is 43.9 Å². The second kappa shape index (κ2) is 5.67. The van der Waals surface area contributed by atoms with Gasteiger partial charge in [0.05, 0.1) is 23.7 Å². The maximum Gasteiger partial charge on any atom is 0.317 e. The topological polar surface area (TPSA) is 86.7 Å². The summed E-state index contributed by atoms with van der Waals surface area (Å²) < 4.78 is 9.54. The molecule has 0 N–H and O–H groups in total. The van der Waals surface area contributed by atoms with Crippen molar-refractivity contribution < 1.29 is 28.7 Å². The Morgan fingerprint density at radius 1 is 0.571 bits per heavy atom. The van der Waals surface area contributed by atoms with Crippen molar-refractivity contribution in [2.75, 3.05) is 0 Å². The molecule has 9 aliphatic rings. The van der Waals surface area contributed by atoms with Gasteiger partial charge in [-0.25, -0.2) is 0 Å². The van der Waals surface area contributed by atoms with Crippen LogP contribution >= 0.6 is 0 Å². The zero-order valence-corrected chi connectivity index (χ0v) is 16.0. The molecule has 0 radical (unpaired) electrons. The summed E-state index contributed by atoms with van der Waals surface area (Å²) >= 11 is 0. The smallest absolute Gasteiger partial charge is 0.317 e. The standard InChI is InChI=1S/C11H12O3.C11H14O3/c12-10-8-4-1-2-5(7-3-6(4)7)9(8)11(13)14-10;1-5-4-6-2-3-7(5)9-8(6)10(12)14-11(9)13/h4-9H,1-3H2;5-9H,2-4H2,1H3/t4?,5?,6?,7?,8-,9+;5-,6?,7?,8-,9+/m.0/s1. The Morgan fingerprint density at radius 2 is 1.04 bits per heavy atom. The Morgan fingerprint density at radius 3 is 1.57 bits per heavy atom. The Labute approximate surface area is 163 Å². The van der Waals surface area contributed by atoms with E-state index in [-0.39, 0.29) is 47.5 Å². The molecular formula is C22H26O6. The molecule has 150 valence electrons. The molecule has 2 aliphatic heterocycles. The van der Waals surface area contributed by atoms with Crippen LogP contribution in [0, 0.1) is 65.1 Å². The lowest BCUT2D eigenvalue weighted by molar-refractivity contribution is -0.155. The molecule has 0 aromatic carbocycles. The van der Waals surface area contributed by atoms with E-state index in [1.807, 2.05) is 0 Å². The first-order valence-electron chi connectivity index (χ1n) is 11.0. The maximum absolute atomic E-state index is 11.5. The van der Waals surface area contributed by atoms with Crippen molar-refractivity contribution >= 4 is 23.9 Å². The van der Waals surface area contributed by atoms with E-state index in [1.165, 1.54) is 6.42 Å². The number of hydrogen-bond donors (Lipinski definition) is 0. The second-order valence-electron chi connectivity index (χ2n) is 10.3. The quantitative estimate of drug-likeness (QED) is 0.469. The zero-order chi connectivity index (χ0) is 19.3. The molecule has 6 nitrogen and oxygen atoms in total. The first-order valence-corrected chi connectivity index (χ1v) is 11.0. The summed E-state index contributed by atoms with van der Waals surface area (Å²) in [5.41, 5.74) is 0. The fourth-order valence-corrected chi connectivity index (χ4v) is 8.11. The van der Waals surface area contributed by atoms with Gasteiger partial charge in [-0.2, -0.15) is 0 Å². The molecule has 2 heterocycles. The van der Waals surface area contributed by atoms with Crippen LogP contribution in [0.5, 0.6) is 0 Å². The fourth-order valence-electron chi connectivity index (χ4n) is 8.11. The average Bonchev–Trinajstić information content (AvgIpc) is 3.37. The van der Waals surface area contributed by atoms with Gasteiger partial charge in [-0.1, -0.05) is 6.92 Å². The normalized spacial score (nSPS) is 54.2. The largest absolute Gasteiger partial charge is 0.393 e. The summed E-state index contributed by atoms with van der Waals surface area (Å²) in [6.07, 6.45) is 6.88. The molecule has 0 amide bonds. The van der Waals surface area contributed by atoms with E-state index in [9.17, 15) is 19.2 Å². The van der Waals surface area contributed by atoms with Crippen molar-refractivity contribution in [1.29, 1.82) is 0 Å². The highest BCUT2D eigenvalue weighted by molar-refractivity contribution is 5.98. The fraction of sp³-hybridized carbons (Fsp3) is 0.818. The van der Waals surface area contributed by atoms with Crippen LogP contribution in [0.2, 0.25) is 0 Å². The SMILES string of the molecule is C[C@H]1CC2CCC1[C@H]1C(=O)OC(=O)[C@@H]21.O=C1OC(=O)[C@H]2C3CCC(C4CC43)[C@@H]12. The lowest BCUT2D eigenvalue weighted by atomic mass is 9.56. The van der Waals surface area contributed by atoms with Gasteiger partial charge in [0, 0.05) is 0 Å². The highest BCUT2D eigenvalue weighted by atomic mass is 16.6. The van der Waals surface area contributed by atoms with Crippen molar-refractivity contribution in [3.8, 4) is 0 Å². The summed E-state index contributed by atoms with van der Waals surface area (Å²) in [4.78, 5) is 46.0. The van der Waals surface area contributed by atoms with Crippen LogP contribution < -0.4 is 0 Å². The number of carbonyl (C=O) groups excluding carboxylic acids is 4. The van der Waals surface area contributed by atoms with Crippen LogP contribution in [0.4, 0.5) is 0 Å². The predicted octanol–water partition coefficient (Wildman–Crippen LogP) is 2.35. The van der Waals surface area contributed by atoms with Crippen molar-refractivity contribution in [2.24, 2.45) is 65.1 Å². The van der Waals surface area contributed by atoms with Crippen LogP contribution in [-0.2, 0) is 28.7 Å². The van der Waals surface area contributed by atoms with Crippen molar-refractivity contribution in [1.82, 2.24) is 0 Å². The third-order valence-corrected chi connectivity index (χ3v) is 9.26. The number of rotatable bonds is 0. The summed E-state index contributed by atoms with van der Waals surface area (Å²) in [5, 5.41) is 0. The third kappa shape index (κ3) is 2.15. The zero-order valence-electron chi connectivity index (χ0n) is 16.0. The molecule has 9 fully saturated rings. The number of fused-ring (bicyclic) bond motifs is 3. The highest BCUT2D eigenvalue weighted by Gasteiger charge is 2.68. The van der Waals surface area contributed by atoms with Gasteiger partial charge in [-0.15, -0.1) is 0 Å². The number of ether oxygens (including phenoxy) is 2. The minimum absolute atomic E-state index is 0.0509. The van der Waals surface area contributed by atoms with E-state index in [4.69, 9.17) is 9.47 Å². The predicted molar refractivity (Wildman–Crippen MR) is 94.0 cm³/mol. The number of hydrogen-bond acceptors (Lipinski definition) is 6. The van der Waals surface area contributed by atoms with E-state index in [0.29, 0.717) is 29.6 Å². The first kappa shape index (κ1) is 17.2. The van der Waals surface area contributed by atoms with Crippen molar-refractivity contribution in [3.05, 3.63) is 0 Å². The van der Waals surface area contributed by atoms with Gasteiger partial charge in [0.25, 0.3) is 0 Å². The average molecular weight is 386 g/mol. The molecule has 6 heteroatoms. The summed E-state index contributed by atoms with van der Waals surface area (Å²) in [6.45, 7) is 2.20. The van der Waals surface area contributed by atoms with Crippen LogP contribution in [0.1, 0.15) is 45.4 Å². The molecule has 4 bridgehead atoms. The van der Waals surface area contributed by atoms with Gasteiger partial charge in [-0.3, -0.25) is 19.2 Å². The maximum atomic E-state index is 11.5. The molecule has 0 spiro atoms. The number of esters is 4. The Bertz CT molecular complexity index is 728. The van der Waals surface area contributed by atoms with Gasteiger partial charge in [-0.05, 0) is 80.0 Å². The van der Waals surface area contributed by atoms with E-state index >= 15 is 0 Å². The Balaban J connectivity index is 0.000000111. The summed E-state index contributed by atoms with van der Waals surface area (Å²) in [6, 6.07) is 0. The number of cyclic esters (lactones) is 4. The van der Waals surface area contributed by atoms with E-state index in [2.05, 4.69) is 6.92 Å². The van der Waals surface area contributed by atoms with Crippen LogP contribution in [-0.4, -0.2) is 23.9 Å². The van der Waals surface area contributed by atoms with Crippen molar-refractivity contribution in [2.45, 2.75) is 45.4 Å². The third-order valence-electron chi connectivity index (χ3n) is 9.26. The first-order chi connectivity index (χ1) is 13.5. The second-order valence-corrected chi connectivity index (χ2v) is 10.3. The molecule has 7 saturated carbocycles. The van der Waals surface area contributed by atoms with Gasteiger partial charge in [0.2, 0.25) is 0 Å². The molecule has 0 aromatic rings. The minimum Gasteiger partial charge on any atom is -0.393 e. The molecular weight excluding hydrogens is 360 g/mol. The van der Waals surface area contributed by atoms with E-state index in [1.54, 1.807) is 0 Å². The summed E-state index contributed by atoms with van der Waals surface area (Å²) in [5.74, 6) is 2.67. The van der Waals surface area contributed by atoms with Gasteiger partial charge in [0.15, 0.2) is 0 Å². The minimum atomic E-state index is -0.249. The van der Waals surface area contributed by atoms with Crippen LogP contribution in [0.3, 0.4) is 0 Å². The Kier molecular flexibility index (Phi) is 3.47. The van der Waals surface area contributed by atoms with Crippen molar-refractivity contribution in [3.63, 3.8) is 0 Å².